The highest BCUT2D eigenvalue weighted by Gasteiger charge is 2.30. The number of nitrogens with zero attached hydrogens (tertiary/aromatic N) is 3. The number of amides is 1. The summed E-state index contributed by atoms with van der Waals surface area (Å²) in [6.45, 7) is 3.23. The van der Waals surface area contributed by atoms with E-state index in [0.717, 1.165) is 18.5 Å². The van der Waals surface area contributed by atoms with E-state index >= 15 is 0 Å². The minimum Gasteiger partial charge on any atom is -0.312 e. The van der Waals surface area contributed by atoms with Gasteiger partial charge in [-0.3, -0.25) is 14.2 Å². The van der Waals surface area contributed by atoms with Crippen molar-refractivity contribution >= 4 is 23.4 Å². The number of thioether (sulfide) groups is 1. The van der Waals surface area contributed by atoms with E-state index in [4.69, 9.17) is 0 Å². The van der Waals surface area contributed by atoms with Crippen molar-refractivity contribution in [2.75, 3.05) is 17.2 Å². The molecule has 1 aliphatic heterocycles. The van der Waals surface area contributed by atoms with E-state index in [1.807, 2.05) is 35.2 Å². The maximum absolute atomic E-state index is 13.1. The molecule has 0 N–H and O–H groups in total. The van der Waals surface area contributed by atoms with Gasteiger partial charge in [0, 0.05) is 36.8 Å². The van der Waals surface area contributed by atoms with Crippen LogP contribution >= 0.6 is 11.8 Å². The van der Waals surface area contributed by atoms with Crippen LogP contribution in [0.1, 0.15) is 19.8 Å². The molecule has 0 fully saturated rings. The fourth-order valence-corrected chi connectivity index (χ4v) is 3.86. The van der Waals surface area contributed by atoms with Crippen molar-refractivity contribution in [3.05, 3.63) is 52.9 Å². The Morgan fingerprint density at radius 2 is 2.12 bits per heavy atom. The lowest BCUT2D eigenvalue weighted by Gasteiger charge is -2.30. The highest BCUT2D eigenvalue weighted by atomic mass is 32.2. The van der Waals surface area contributed by atoms with Crippen molar-refractivity contribution in [1.29, 1.82) is 0 Å². The second-order valence-corrected chi connectivity index (χ2v) is 6.85. The zero-order valence-corrected chi connectivity index (χ0v) is 14.5. The summed E-state index contributed by atoms with van der Waals surface area (Å²) in [5.74, 6) is 0.537. The van der Waals surface area contributed by atoms with Gasteiger partial charge in [0.15, 0.2) is 5.16 Å². The quantitative estimate of drug-likeness (QED) is 0.784. The molecule has 2 heterocycles. The molecule has 1 amide bonds. The maximum Gasteiger partial charge on any atom is 0.254 e. The number of para-hydroxylation sites is 1. The minimum absolute atomic E-state index is 0.0866. The average molecular weight is 343 g/mol. The van der Waals surface area contributed by atoms with Crippen LogP contribution in [0.15, 0.2) is 52.5 Å². The van der Waals surface area contributed by atoms with Crippen LogP contribution in [-0.2, 0) is 11.3 Å². The van der Waals surface area contributed by atoms with Gasteiger partial charge in [0.25, 0.3) is 5.56 Å². The summed E-state index contributed by atoms with van der Waals surface area (Å²) in [6, 6.07) is 11.2. The molecule has 126 valence electrons. The molecule has 1 aromatic heterocycles. The van der Waals surface area contributed by atoms with Gasteiger partial charge in [0.2, 0.25) is 5.91 Å². The number of benzene rings is 1. The third-order valence-corrected chi connectivity index (χ3v) is 5.29. The Morgan fingerprint density at radius 1 is 1.33 bits per heavy atom. The number of unbranched alkanes of at least 4 members (excludes halogenated alkanes) is 1. The number of rotatable bonds is 5. The molecule has 1 atom stereocenters. The lowest BCUT2D eigenvalue weighted by atomic mass is 10.1. The molecule has 5 nitrogen and oxygen atoms in total. The molecule has 1 aromatic carbocycles. The Bertz CT molecular complexity index is 760. The summed E-state index contributed by atoms with van der Waals surface area (Å²) in [5.41, 5.74) is 0.829. The lowest BCUT2D eigenvalue weighted by Crippen LogP contribution is -2.42. The molecule has 0 radical (unpaired) electrons. The fraction of sp³-hybridized carbons (Fsp3) is 0.389. The number of aromatic nitrogens is 2. The van der Waals surface area contributed by atoms with Crippen molar-refractivity contribution in [2.45, 2.75) is 31.5 Å². The normalized spacial score (nSPS) is 16.5. The molecular weight excluding hydrogens is 322 g/mol. The fourth-order valence-electron chi connectivity index (χ4n) is 2.81. The van der Waals surface area contributed by atoms with Crippen LogP contribution in [0.2, 0.25) is 0 Å². The Kier molecular flexibility index (Phi) is 5.35. The maximum atomic E-state index is 13.1. The number of hydrogen-bond donors (Lipinski definition) is 0. The van der Waals surface area contributed by atoms with Gasteiger partial charge >= 0.3 is 0 Å². The molecule has 1 aliphatic rings. The van der Waals surface area contributed by atoms with Crippen LogP contribution in [-0.4, -0.2) is 27.8 Å². The Hall–Kier alpha value is -2.08. The largest absolute Gasteiger partial charge is 0.312 e. The molecule has 0 bridgehead atoms. The summed E-state index contributed by atoms with van der Waals surface area (Å²) in [7, 11) is 0. The molecule has 0 saturated heterocycles. The molecule has 0 spiro atoms. The molecular formula is C18H21N3O2S. The second kappa shape index (κ2) is 7.66. The molecule has 0 saturated carbocycles. The van der Waals surface area contributed by atoms with Gasteiger partial charge in [0.1, 0.15) is 0 Å². The summed E-state index contributed by atoms with van der Waals surface area (Å²) in [4.78, 5) is 31.2. The first-order chi connectivity index (χ1) is 11.7. The smallest absolute Gasteiger partial charge is 0.254 e. The Morgan fingerprint density at radius 3 is 2.88 bits per heavy atom. The first-order valence-electron chi connectivity index (χ1n) is 8.25. The lowest BCUT2D eigenvalue weighted by molar-refractivity contribution is -0.122. The van der Waals surface area contributed by atoms with Gasteiger partial charge in [-0.15, -0.1) is 0 Å². The molecule has 2 aromatic rings. The first kappa shape index (κ1) is 16.8. The van der Waals surface area contributed by atoms with E-state index in [9.17, 15) is 9.59 Å². The monoisotopic (exact) mass is 343 g/mol. The summed E-state index contributed by atoms with van der Waals surface area (Å²) in [6.07, 6.45) is 3.52. The first-order valence-corrected chi connectivity index (χ1v) is 9.24. The average Bonchev–Trinajstić information content (AvgIpc) is 2.63. The zero-order valence-electron chi connectivity index (χ0n) is 13.7. The predicted molar refractivity (Wildman–Crippen MR) is 96.4 cm³/mol. The number of carbonyl (C=O) groups excluding carboxylic acids is 1. The van der Waals surface area contributed by atoms with E-state index in [-0.39, 0.29) is 17.4 Å². The molecule has 1 unspecified atom stereocenters. The SMILES string of the molecule is CCCCN(C(=O)C1CSc2nccc(=O)n2C1)c1ccccc1. The van der Waals surface area contributed by atoms with Crippen molar-refractivity contribution in [2.24, 2.45) is 5.92 Å². The third-order valence-electron chi connectivity index (χ3n) is 4.13. The minimum atomic E-state index is -0.207. The van der Waals surface area contributed by atoms with Crippen molar-refractivity contribution in [3.63, 3.8) is 0 Å². The molecule has 3 rings (SSSR count). The van der Waals surface area contributed by atoms with Crippen LogP contribution in [0.3, 0.4) is 0 Å². The van der Waals surface area contributed by atoms with Gasteiger partial charge in [-0.25, -0.2) is 4.98 Å². The van der Waals surface area contributed by atoms with Crippen LogP contribution < -0.4 is 10.5 Å². The number of anilines is 1. The van der Waals surface area contributed by atoms with Gasteiger partial charge in [0.05, 0.1) is 5.92 Å². The van der Waals surface area contributed by atoms with E-state index < -0.39 is 0 Å². The topological polar surface area (TPSA) is 55.2 Å². The van der Waals surface area contributed by atoms with Gasteiger partial charge in [-0.05, 0) is 18.6 Å². The van der Waals surface area contributed by atoms with E-state index in [1.54, 1.807) is 4.57 Å². The van der Waals surface area contributed by atoms with Crippen LogP contribution in [0, 0.1) is 5.92 Å². The highest BCUT2D eigenvalue weighted by molar-refractivity contribution is 7.99. The standard InChI is InChI=1S/C18H21N3O2S/c1-2-3-11-20(15-7-5-4-6-8-15)17(23)14-12-21-16(22)9-10-19-18(21)24-13-14/h4-10,14H,2-3,11-13H2,1H3. The summed E-state index contributed by atoms with van der Waals surface area (Å²) >= 11 is 1.48. The predicted octanol–water partition coefficient (Wildman–Crippen LogP) is 2.80. The van der Waals surface area contributed by atoms with Crippen molar-refractivity contribution in [1.82, 2.24) is 9.55 Å². The van der Waals surface area contributed by atoms with Gasteiger partial charge in [-0.2, -0.15) is 0 Å². The molecule has 24 heavy (non-hydrogen) atoms. The molecule has 6 heteroatoms. The number of hydrogen-bond acceptors (Lipinski definition) is 4. The van der Waals surface area contributed by atoms with Gasteiger partial charge in [-0.1, -0.05) is 43.3 Å². The second-order valence-electron chi connectivity index (χ2n) is 5.86. The zero-order chi connectivity index (χ0) is 16.9. The van der Waals surface area contributed by atoms with Crippen LogP contribution in [0.4, 0.5) is 5.69 Å². The number of carbonyl (C=O) groups is 1. The summed E-state index contributed by atoms with van der Waals surface area (Å²) in [5, 5.41) is 0.700. The van der Waals surface area contributed by atoms with Crippen molar-refractivity contribution < 1.29 is 4.79 Å². The van der Waals surface area contributed by atoms with Crippen LogP contribution in [0.25, 0.3) is 0 Å². The number of fused-ring (bicyclic) bond motifs is 1. The molecule has 0 aliphatic carbocycles. The van der Waals surface area contributed by atoms with Crippen LogP contribution in [0.5, 0.6) is 0 Å². The highest BCUT2D eigenvalue weighted by Crippen LogP contribution is 2.27. The van der Waals surface area contributed by atoms with Crippen molar-refractivity contribution in [3.8, 4) is 0 Å². The van der Waals surface area contributed by atoms with E-state index in [0.29, 0.717) is 24.0 Å². The Labute approximate surface area is 145 Å². The Balaban J connectivity index is 1.83. The summed E-state index contributed by atoms with van der Waals surface area (Å²) < 4.78 is 1.61. The van der Waals surface area contributed by atoms with E-state index in [2.05, 4.69) is 11.9 Å². The third kappa shape index (κ3) is 3.53. The van der Waals surface area contributed by atoms with Gasteiger partial charge < -0.3 is 4.90 Å². The van der Waals surface area contributed by atoms with E-state index in [1.165, 1.54) is 24.0 Å².